The molecule has 1 aromatic heterocycles. The molecule has 1 aliphatic rings. The third-order valence-corrected chi connectivity index (χ3v) is 4.57. The van der Waals surface area contributed by atoms with Gasteiger partial charge in [-0.2, -0.15) is 5.10 Å². The van der Waals surface area contributed by atoms with E-state index in [1.54, 1.807) is 17.2 Å². The number of amides is 2. The molecule has 2 amide bonds. The van der Waals surface area contributed by atoms with Crippen LogP contribution in [0.3, 0.4) is 0 Å². The van der Waals surface area contributed by atoms with Crippen molar-refractivity contribution < 1.29 is 14.3 Å². The quantitative estimate of drug-likeness (QED) is 0.892. The molecule has 0 spiro atoms. The smallest absolute Gasteiger partial charge is 0.410 e. The fourth-order valence-electron chi connectivity index (χ4n) is 3.36. The highest BCUT2D eigenvalue weighted by atomic mass is 16.6. The Kier molecular flexibility index (Phi) is 4.80. The lowest BCUT2D eigenvalue weighted by molar-refractivity contribution is 0.0205. The van der Waals surface area contributed by atoms with Gasteiger partial charge in [0, 0.05) is 18.5 Å². The molecule has 1 fully saturated rings. The van der Waals surface area contributed by atoms with Crippen LogP contribution in [-0.4, -0.2) is 45.8 Å². The number of benzene rings is 1. The van der Waals surface area contributed by atoms with Gasteiger partial charge in [-0.25, -0.2) is 4.79 Å². The first-order valence-electron chi connectivity index (χ1n) is 8.78. The van der Waals surface area contributed by atoms with E-state index in [-0.39, 0.29) is 12.0 Å². The van der Waals surface area contributed by atoms with Gasteiger partial charge in [0.1, 0.15) is 11.1 Å². The molecule has 3 rings (SSSR count). The summed E-state index contributed by atoms with van der Waals surface area (Å²) >= 11 is 0. The molecule has 0 radical (unpaired) electrons. The summed E-state index contributed by atoms with van der Waals surface area (Å²) in [4.78, 5) is 25.6. The number of nitrogens with two attached hydrogens (primary N) is 1. The monoisotopic (exact) mass is 356 g/mol. The van der Waals surface area contributed by atoms with Crippen molar-refractivity contribution in [2.24, 2.45) is 5.73 Å². The van der Waals surface area contributed by atoms with E-state index in [1.807, 2.05) is 32.9 Å². The third-order valence-electron chi connectivity index (χ3n) is 4.57. The molecule has 0 bridgehead atoms. The average molecular weight is 356 g/mol. The average Bonchev–Trinajstić information content (AvgIpc) is 2.59. The Balaban J connectivity index is 1.79. The number of ether oxygens (including phenoxy) is 1. The minimum Gasteiger partial charge on any atom is -0.444 e. The Labute approximate surface area is 152 Å². The molecule has 7 heteroatoms. The van der Waals surface area contributed by atoms with Gasteiger partial charge in [-0.15, -0.1) is 5.10 Å². The summed E-state index contributed by atoms with van der Waals surface area (Å²) in [6.45, 7) is 6.87. The molecule has 0 atom stereocenters. The van der Waals surface area contributed by atoms with Crippen LogP contribution < -0.4 is 5.73 Å². The topological polar surface area (TPSA) is 98.4 Å². The summed E-state index contributed by atoms with van der Waals surface area (Å²) in [5.41, 5.74) is 6.98. The van der Waals surface area contributed by atoms with Crippen molar-refractivity contribution in [1.29, 1.82) is 0 Å². The molecule has 0 aliphatic carbocycles. The molecule has 1 aromatic carbocycles. The predicted molar refractivity (Wildman–Crippen MR) is 97.8 cm³/mol. The number of nitrogens with zero attached hydrogens (tertiary/aromatic N) is 3. The zero-order chi connectivity index (χ0) is 18.9. The van der Waals surface area contributed by atoms with E-state index in [0.29, 0.717) is 24.2 Å². The summed E-state index contributed by atoms with van der Waals surface area (Å²) in [5.74, 6) is -0.232. The van der Waals surface area contributed by atoms with Crippen LogP contribution in [0.25, 0.3) is 10.9 Å². The molecule has 0 unspecified atom stereocenters. The van der Waals surface area contributed by atoms with Gasteiger partial charge in [-0.1, -0.05) is 6.07 Å². The maximum absolute atomic E-state index is 12.2. The number of aromatic nitrogens is 2. The highest BCUT2D eigenvalue weighted by Gasteiger charge is 2.28. The molecule has 2 heterocycles. The minimum absolute atomic E-state index is 0.268. The van der Waals surface area contributed by atoms with Crippen LogP contribution in [0.5, 0.6) is 0 Å². The lowest BCUT2D eigenvalue weighted by Gasteiger charge is -2.34. The summed E-state index contributed by atoms with van der Waals surface area (Å²) in [5, 5.41) is 8.89. The van der Waals surface area contributed by atoms with Gasteiger partial charge in [0.05, 0.1) is 11.8 Å². The lowest BCUT2D eigenvalue weighted by atomic mass is 9.86. The second kappa shape index (κ2) is 6.90. The normalized spacial score (nSPS) is 15.9. The van der Waals surface area contributed by atoms with Crippen molar-refractivity contribution >= 4 is 22.9 Å². The van der Waals surface area contributed by atoms with E-state index in [9.17, 15) is 9.59 Å². The first-order valence-corrected chi connectivity index (χ1v) is 8.78. The molecule has 7 nitrogen and oxygen atoms in total. The number of carbonyl (C=O) groups is 2. The van der Waals surface area contributed by atoms with Gasteiger partial charge in [-0.05, 0) is 57.2 Å². The van der Waals surface area contributed by atoms with E-state index in [2.05, 4.69) is 10.2 Å². The summed E-state index contributed by atoms with van der Waals surface area (Å²) in [6, 6.07) is 5.52. The SMILES string of the molecule is CC(C)(C)OC(=O)N1CCC(c2ccc(C(N)=O)c3nnccc23)CC1. The molecule has 1 saturated heterocycles. The van der Waals surface area contributed by atoms with Gasteiger partial charge in [0.25, 0.3) is 5.91 Å². The van der Waals surface area contributed by atoms with E-state index >= 15 is 0 Å². The van der Waals surface area contributed by atoms with Crippen LogP contribution >= 0.6 is 0 Å². The maximum Gasteiger partial charge on any atom is 0.410 e. The summed E-state index contributed by atoms with van der Waals surface area (Å²) in [7, 11) is 0. The number of rotatable bonds is 2. The van der Waals surface area contributed by atoms with Gasteiger partial charge in [0.2, 0.25) is 0 Å². The van der Waals surface area contributed by atoms with Crippen molar-refractivity contribution in [1.82, 2.24) is 15.1 Å². The van der Waals surface area contributed by atoms with E-state index in [0.717, 1.165) is 23.8 Å². The van der Waals surface area contributed by atoms with Crippen molar-refractivity contribution in [2.45, 2.75) is 45.1 Å². The number of hydrogen-bond donors (Lipinski definition) is 1. The summed E-state index contributed by atoms with van der Waals surface area (Å²) < 4.78 is 5.45. The number of primary amides is 1. The largest absolute Gasteiger partial charge is 0.444 e. The van der Waals surface area contributed by atoms with Crippen molar-refractivity contribution in [3.8, 4) is 0 Å². The Morgan fingerprint density at radius 2 is 1.88 bits per heavy atom. The Morgan fingerprint density at radius 3 is 2.50 bits per heavy atom. The highest BCUT2D eigenvalue weighted by Crippen LogP contribution is 2.33. The highest BCUT2D eigenvalue weighted by molar-refractivity contribution is 6.05. The number of fused-ring (bicyclic) bond motifs is 1. The Bertz CT molecular complexity index is 836. The van der Waals surface area contributed by atoms with Crippen molar-refractivity contribution in [3.63, 3.8) is 0 Å². The van der Waals surface area contributed by atoms with E-state index in [1.165, 1.54) is 0 Å². The van der Waals surface area contributed by atoms with Crippen LogP contribution in [-0.2, 0) is 4.74 Å². The molecule has 1 aliphatic heterocycles. The van der Waals surface area contributed by atoms with Gasteiger partial charge in [-0.3, -0.25) is 4.79 Å². The molecule has 2 aromatic rings. The minimum atomic E-state index is -0.512. The summed E-state index contributed by atoms with van der Waals surface area (Å²) in [6.07, 6.45) is 3.00. The van der Waals surface area contributed by atoms with Crippen LogP contribution in [0.15, 0.2) is 24.4 Å². The Morgan fingerprint density at radius 1 is 1.19 bits per heavy atom. The standard InChI is InChI=1S/C19H24N4O3/c1-19(2,3)26-18(25)23-10-7-12(8-11-23)13-4-5-15(17(20)24)16-14(13)6-9-21-22-16/h4-6,9,12H,7-8,10-11H2,1-3H3,(H2,20,24). The fraction of sp³-hybridized carbons (Fsp3) is 0.474. The second-order valence-electron chi connectivity index (χ2n) is 7.60. The molecular weight excluding hydrogens is 332 g/mol. The molecule has 0 saturated carbocycles. The van der Waals surface area contributed by atoms with Crippen molar-refractivity contribution in [2.75, 3.05) is 13.1 Å². The number of carbonyl (C=O) groups excluding carboxylic acids is 2. The van der Waals surface area contributed by atoms with Crippen LogP contribution in [0.2, 0.25) is 0 Å². The number of hydrogen-bond acceptors (Lipinski definition) is 5. The number of piperidine rings is 1. The Hall–Kier alpha value is -2.70. The first kappa shape index (κ1) is 18.1. The van der Waals surface area contributed by atoms with E-state index in [4.69, 9.17) is 10.5 Å². The fourth-order valence-corrected chi connectivity index (χ4v) is 3.36. The first-order chi connectivity index (χ1) is 12.3. The lowest BCUT2D eigenvalue weighted by Crippen LogP contribution is -2.41. The number of likely N-dealkylation sites (tertiary alicyclic amines) is 1. The predicted octanol–water partition coefficient (Wildman–Crippen LogP) is 2.84. The van der Waals surface area contributed by atoms with E-state index < -0.39 is 11.5 Å². The maximum atomic E-state index is 12.2. The zero-order valence-corrected chi connectivity index (χ0v) is 15.4. The molecule has 2 N–H and O–H groups in total. The zero-order valence-electron chi connectivity index (χ0n) is 15.4. The van der Waals surface area contributed by atoms with Crippen LogP contribution in [0, 0.1) is 0 Å². The van der Waals surface area contributed by atoms with Crippen LogP contribution in [0.4, 0.5) is 4.79 Å². The molecule has 138 valence electrons. The van der Waals surface area contributed by atoms with Gasteiger partial charge < -0.3 is 15.4 Å². The van der Waals surface area contributed by atoms with Gasteiger partial charge >= 0.3 is 6.09 Å². The van der Waals surface area contributed by atoms with Gasteiger partial charge in [0.15, 0.2) is 0 Å². The second-order valence-corrected chi connectivity index (χ2v) is 7.60. The van der Waals surface area contributed by atoms with Crippen LogP contribution in [0.1, 0.15) is 55.5 Å². The third kappa shape index (κ3) is 3.76. The molecule has 26 heavy (non-hydrogen) atoms. The van der Waals surface area contributed by atoms with Crippen molar-refractivity contribution in [3.05, 3.63) is 35.5 Å². The molecular formula is C19H24N4O3.